The van der Waals surface area contributed by atoms with Crippen molar-refractivity contribution in [3.05, 3.63) is 87.5 Å². The van der Waals surface area contributed by atoms with Crippen molar-refractivity contribution >= 4 is 21.6 Å². The third-order valence-corrected chi connectivity index (χ3v) is 5.62. The molecule has 3 aromatic rings. The van der Waals surface area contributed by atoms with Gasteiger partial charge in [0, 0.05) is 6.07 Å². The van der Waals surface area contributed by atoms with Crippen molar-refractivity contribution < 1.29 is 22.5 Å². The summed E-state index contributed by atoms with van der Waals surface area (Å²) in [6.07, 6.45) is 1.65. The lowest BCUT2D eigenvalue weighted by Crippen LogP contribution is -2.31. The number of amides is 1. The van der Waals surface area contributed by atoms with Crippen molar-refractivity contribution in [1.29, 1.82) is 0 Å². The summed E-state index contributed by atoms with van der Waals surface area (Å²) in [5.74, 6) is -2.07. The Balaban J connectivity index is 1.88. The second-order valence-corrected chi connectivity index (χ2v) is 8.02. The summed E-state index contributed by atoms with van der Waals surface area (Å²) in [5, 5.41) is 15.0. The molecule has 0 aliphatic carbocycles. The predicted molar refractivity (Wildman–Crippen MR) is 105 cm³/mol. The molecule has 0 unspecified atom stereocenters. The van der Waals surface area contributed by atoms with Gasteiger partial charge in [-0.2, -0.15) is 5.10 Å². The summed E-state index contributed by atoms with van der Waals surface area (Å²) in [5.41, 5.74) is 0.759. The molecule has 0 atom stereocenters. The number of rotatable bonds is 7. The van der Waals surface area contributed by atoms with E-state index in [0.717, 1.165) is 5.56 Å². The number of carbonyl (C=O) groups excluding carboxylic acids is 1. The van der Waals surface area contributed by atoms with Gasteiger partial charge >= 0.3 is 0 Å². The third-order valence-electron chi connectivity index (χ3n) is 4.31. The summed E-state index contributed by atoms with van der Waals surface area (Å²) >= 11 is 0. The summed E-state index contributed by atoms with van der Waals surface area (Å²) in [6, 6.07) is 11.2. The monoisotopic (exact) mass is 432 g/mol. The van der Waals surface area contributed by atoms with Crippen LogP contribution < -0.4 is 4.72 Å². The molecule has 0 saturated carbocycles. The summed E-state index contributed by atoms with van der Waals surface area (Å²) < 4.78 is 42.0. The van der Waals surface area contributed by atoms with Crippen molar-refractivity contribution in [3.63, 3.8) is 0 Å². The van der Waals surface area contributed by atoms with E-state index in [-0.39, 0.29) is 5.56 Å². The molecule has 0 aliphatic heterocycles. The van der Waals surface area contributed by atoms with Gasteiger partial charge in [0.15, 0.2) is 0 Å². The van der Waals surface area contributed by atoms with Gasteiger partial charge in [0.05, 0.1) is 39.9 Å². The molecule has 1 N–H and O–H groups in total. The van der Waals surface area contributed by atoms with Crippen LogP contribution in [0, 0.1) is 15.9 Å². The first-order valence-electron chi connectivity index (χ1n) is 8.82. The quantitative estimate of drug-likeness (QED) is 0.452. The maximum atomic E-state index is 13.6. The molecule has 0 spiro atoms. The van der Waals surface area contributed by atoms with Gasteiger partial charge in [-0.25, -0.2) is 17.5 Å². The Bertz CT molecular complexity index is 1210. The van der Waals surface area contributed by atoms with E-state index in [2.05, 4.69) is 5.10 Å². The first-order chi connectivity index (χ1) is 14.2. The molecule has 9 nitrogen and oxygen atoms in total. The first kappa shape index (κ1) is 21.1. The number of nitrogens with zero attached hydrogens (tertiary/aromatic N) is 3. The maximum Gasteiger partial charge on any atom is 0.273 e. The molecular formula is C19H17FN4O5S. The standard InChI is InChI=1S/C19H17FN4O5S/c1-2-18-17(11-21-23(18)12-13-6-4-3-5-7-13)19(25)22-30(28,29)16-9-14(20)8-15(10-16)24(26)27/h3-11H,2,12H2,1H3,(H,22,25). The Morgan fingerprint density at radius 3 is 2.57 bits per heavy atom. The Kier molecular flexibility index (Phi) is 5.92. The maximum absolute atomic E-state index is 13.6. The molecule has 156 valence electrons. The normalized spacial score (nSPS) is 11.3. The molecule has 1 amide bonds. The van der Waals surface area contributed by atoms with Crippen molar-refractivity contribution in [1.82, 2.24) is 14.5 Å². The molecule has 0 bridgehead atoms. The minimum atomic E-state index is -4.54. The fourth-order valence-corrected chi connectivity index (χ4v) is 3.93. The van der Waals surface area contributed by atoms with Gasteiger partial charge in [0.2, 0.25) is 0 Å². The highest BCUT2D eigenvalue weighted by atomic mass is 32.2. The van der Waals surface area contributed by atoms with E-state index in [1.807, 2.05) is 35.1 Å². The second-order valence-electron chi connectivity index (χ2n) is 6.34. The smallest absolute Gasteiger partial charge is 0.268 e. The lowest BCUT2D eigenvalue weighted by atomic mass is 10.2. The highest BCUT2D eigenvalue weighted by molar-refractivity contribution is 7.90. The SMILES string of the molecule is CCc1c(C(=O)NS(=O)(=O)c2cc(F)cc([N+](=O)[O-])c2)cnn1Cc1ccccc1. The van der Waals surface area contributed by atoms with Crippen LogP contribution in [0.4, 0.5) is 10.1 Å². The molecule has 0 saturated heterocycles. The molecule has 1 aromatic heterocycles. The summed E-state index contributed by atoms with van der Waals surface area (Å²) in [4.78, 5) is 21.8. The number of nitro groups is 1. The van der Waals surface area contributed by atoms with Crippen LogP contribution in [0.2, 0.25) is 0 Å². The minimum absolute atomic E-state index is 0.0444. The Labute approximate surface area is 171 Å². The number of non-ortho nitro benzene ring substituents is 1. The van der Waals surface area contributed by atoms with Gasteiger partial charge < -0.3 is 0 Å². The van der Waals surface area contributed by atoms with Gasteiger partial charge in [-0.3, -0.25) is 19.6 Å². The summed E-state index contributed by atoms with van der Waals surface area (Å²) in [6.45, 7) is 2.18. The van der Waals surface area contributed by atoms with Crippen LogP contribution in [0.25, 0.3) is 0 Å². The van der Waals surface area contributed by atoms with Gasteiger partial charge in [0.1, 0.15) is 5.82 Å². The molecule has 30 heavy (non-hydrogen) atoms. The Morgan fingerprint density at radius 2 is 1.93 bits per heavy atom. The van der Waals surface area contributed by atoms with E-state index in [4.69, 9.17) is 0 Å². The fourth-order valence-electron chi connectivity index (χ4n) is 2.91. The van der Waals surface area contributed by atoms with E-state index >= 15 is 0 Å². The van der Waals surface area contributed by atoms with E-state index in [1.165, 1.54) is 6.20 Å². The van der Waals surface area contributed by atoms with Crippen molar-refractivity contribution in [3.8, 4) is 0 Å². The molecule has 2 aromatic carbocycles. The lowest BCUT2D eigenvalue weighted by molar-refractivity contribution is -0.385. The first-order valence-corrected chi connectivity index (χ1v) is 10.3. The number of halogens is 1. The molecule has 1 heterocycles. The number of nitrogens with one attached hydrogen (secondary N) is 1. The second kappa shape index (κ2) is 8.41. The number of hydrogen-bond donors (Lipinski definition) is 1. The van der Waals surface area contributed by atoms with Crippen molar-refractivity contribution in [2.45, 2.75) is 24.8 Å². The van der Waals surface area contributed by atoms with Crippen molar-refractivity contribution in [2.75, 3.05) is 0 Å². The average Bonchev–Trinajstić information content (AvgIpc) is 3.10. The van der Waals surface area contributed by atoms with E-state index in [1.54, 1.807) is 11.6 Å². The van der Waals surface area contributed by atoms with Crippen LogP contribution in [0.1, 0.15) is 28.5 Å². The molecule has 3 rings (SSSR count). The number of carbonyl (C=O) groups is 1. The van der Waals surface area contributed by atoms with Crippen LogP contribution in [-0.2, 0) is 23.0 Å². The van der Waals surface area contributed by atoms with Crippen LogP contribution in [-0.4, -0.2) is 29.0 Å². The van der Waals surface area contributed by atoms with Gasteiger partial charge in [-0.05, 0) is 18.1 Å². The zero-order valence-corrected chi connectivity index (χ0v) is 16.6. The van der Waals surface area contributed by atoms with Crippen molar-refractivity contribution in [2.24, 2.45) is 0 Å². The van der Waals surface area contributed by atoms with E-state index < -0.39 is 37.3 Å². The zero-order chi connectivity index (χ0) is 21.9. The molecule has 0 radical (unpaired) electrons. The summed E-state index contributed by atoms with van der Waals surface area (Å²) in [7, 11) is -4.54. The fraction of sp³-hybridized carbons (Fsp3) is 0.158. The molecule has 0 fully saturated rings. The molecule has 11 heteroatoms. The number of hydrogen-bond acceptors (Lipinski definition) is 6. The molecule has 0 aliphatic rings. The van der Waals surface area contributed by atoms with Gasteiger partial charge in [-0.15, -0.1) is 0 Å². The van der Waals surface area contributed by atoms with Gasteiger partial charge in [-0.1, -0.05) is 37.3 Å². The van der Waals surface area contributed by atoms with Crippen LogP contribution in [0.15, 0.2) is 59.6 Å². The minimum Gasteiger partial charge on any atom is -0.268 e. The molecular weight excluding hydrogens is 415 g/mol. The number of aromatic nitrogens is 2. The van der Waals surface area contributed by atoms with E-state index in [9.17, 15) is 27.7 Å². The van der Waals surface area contributed by atoms with Gasteiger partial charge in [0.25, 0.3) is 21.6 Å². The lowest BCUT2D eigenvalue weighted by Gasteiger charge is -2.09. The zero-order valence-electron chi connectivity index (χ0n) is 15.8. The van der Waals surface area contributed by atoms with Crippen LogP contribution in [0.5, 0.6) is 0 Å². The Hall–Kier alpha value is -3.60. The highest BCUT2D eigenvalue weighted by Gasteiger charge is 2.25. The highest BCUT2D eigenvalue weighted by Crippen LogP contribution is 2.21. The van der Waals surface area contributed by atoms with Crippen LogP contribution in [0.3, 0.4) is 0 Å². The van der Waals surface area contributed by atoms with E-state index in [0.29, 0.717) is 36.9 Å². The number of sulfonamides is 1. The largest absolute Gasteiger partial charge is 0.273 e. The number of nitro benzene ring substituents is 1. The third kappa shape index (κ3) is 4.51. The predicted octanol–water partition coefficient (Wildman–Crippen LogP) is 2.66. The number of benzene rings is 2. The average molecular weight is 432 g/mol. The topological polar surface area (TPSA) is 124 Å². The van der Waals surface area contributed by atoms with Crippen LogP contribution >= 0.6 is 0 Å². The Morgan fingerprint density at radius 1 is 1.23 bits per heavy atom.